The van der Waals surface area contributed by atoms with Crippen LogP contribution in [-0.2, 0) is 9.53 Å². The van der Waals surface area contributed by atoms with E-state index in [1.807, 2.05) is 4.90 Å². The van der Waals surface area contributed by atoms with Gasteiger partial charge in [0.1, 0.15) is 17.3 Å². The van der Waals surface area contributed by atoms with E-state index in [0.29, 0.717) is 86.2 Å². The van der Waals surface area contributed by atoms with Gasteiger partial charge in [-0.1, -0.05) is 6.07 Å². The zero-order chi connectivity index (χ0) is 31.6. The lowest BCUT2D eigenvalue weighted by Crippen LogP contribution is -2.46. The van der Waals surface area contributed by atoms with Crippen LogP contribution >= 0.6 is 0 Å². The molecule has 6 N–H and O–H groups in total. The predicted octanol–water partition coefficient (Wildman–Crippen LogP) is 2.60. The van der Waals surface area contributed by atoms with Crippen molar-refractivity contribution in [3.05, 3.63) is 42.1 Å². The first-order chi connectivity index (χ1) is 21.8. The number of nitrogens with two attached hydrogens (primary N) is 1. The number of H-pyrrole nitrogens is 1. The van der Waals surface area contributed by atoms with Crippen LogP contribution < -0.4 is 31.5 Å². The number of hydrogen-bond acceptors (Lipinski definition) is 10. The molecule has 2 saturated heterocycles. The quantitative estimate of drug-likeness (QED) is 0.215. The molecule has 45 heavy (non-hydrogen) atoms. The monoisotopic (exact) mass is 620 g/mol. The van der Waals surface area contributed by atoms with Crippen molar-refractivity contribution in [1.29, 1.82) is 0 Å². The summed E-state index contributed by atoms with van der Waals surface area (Å²) in [5.74, 6) is 0.618. The van der Waals surface area contributed by atoms with Gasteiger partial charge in [-0.25, -0.2) is 14.4 Å². The van der Waals surface area contributed by atoms with E-state index < -0.39 is 17.1 Å². The van der Waals surface area contributed by atoms with Crippen molar-refractivity contribution >= 4 is 35.0 Å². The molecule has 13 nitrogen and oxygen atoms in total. The van der Waals surface area contributed by atoms with Crippen molar-refractivity contribution < 1.29 is 18.7 Å². The second kappa shape index (κ2) is 13.0. The van der Waals surface area contributed by atoms with Crippen LogP contribution in [0.2, 0.25) is 0 Å². The number of piperidine rings is 1. The van der Waals surface area contributed by atoms with Crippen LogP contribution in [0.3, 0.4) is 0 Å². The molecule has 4 heterocycles. The van der Waals surface area contributed by atoms with Crippen LogP contribution in [0.1, 0.15) is 42.7 Å². The molecule has 3 fully saturated rings. The first-order valence-corrected chi connectivity index (χ1v) is 15.5. The molecule has 1 aromatic carbocycles. The number of nitrogens with one attached hydrogen (secondary N) is 4. The lowest BCUT2D eigenvalue weighted by molar-refractivity contribution is -0.133. The third-order valence-corrected chi connectivity index (χ3v) is 8.98. The van der Waals surface area contributed by atoms with E-state index in [9.17, 15) is 9.59 Å². The number of imidazole rings is 1. The number of rotatable bonds is 11. The minimum Gasteiger partial charge on any atom is -0.383 e. The van der Waals surface area contributed by atoms with E-state index in [0.717, 1.165) is 25.7 Å². The number of hydrogen-bond donors (Lipinski definition) is 5. The summed E-state index contributed by atoms with van der Waals surface area (Å²) in [6.07, 6.45) is 6.00. The zero-order valence-corrected chi connectivity index (χ0v) is 25.7. The number of benzene rings is 1. The van der Waals surface area contributed by atoms with Gasteiger partial charge in [0.05, 0.1) is 29.1 Å². The molecule has 0 spiro atoms. The summed E-state index contributed by atoms with van der Waals surface area (Å²) in [5, 5.41) is 8.98. The second-order valence-corrected chi connectivity index (χ2v) is 12.2. The highest BCUT2D eigenvalue weighted by molar-refractivity contribution is 6.04. The number of para-hydroxylation sites is 1. The standard InChI is InChI=1S/C31H41FN10O3/c1-34-30-39-23(14-25(40-30)42-13-10-31(17-42,18-45-2)29(44)36-20-6-7-20)24-16-35-27(37-24)28(43)38-22-5-3-4-21(32)26(22)41-11-8-19(15-33)9-12-41/h3-5,14,16,19-20H,6-13,15,17-18,33H2,1-2H3,(H,35,37)(H,36,44)(H,38,43)(H,34,39,40). The van der Waals surface area contributed by atoms with Crippen molar-refractivity contribution in [2.45, 2.75) is 38.1 Å². The average Bonchev–Trinajstić information content (AvgIpc) is 3.54. The first kappa shape index (κ1) is 30.7. The van der Waals surface area contributed by atoms with Gasteiger partial charge >= 0.3 is 0 Å². The van der Waals surface area contributed by atoms with E-state index in [4.69, 9.17) is 10.5 Å². The van der Waals surface area contributed by atoms with Gasteiger partial charge in [0, 0.05) is 58.6 Å². The molecule has 1 unspecified atom stereocenters. The molecule has 1 saturated carbocycles. The third-order valence-electron chi connectivity index (χ3n) is 8.98. The molecule has 2 aromatic heterocycles. The summed E-state index contributed by atoms with van der Waals surface area (Å²) in [5.41, 5.74) is 6.85. The van der Waals surface area contributed by atoms with Gasteiger partial charge in [-0.15, -0.1) is 0 Å². The molecule has 240 valence electrons. The largest absolute Gasteiger partial charge is 0.383 e. The summed E-state index contributed by atoms with van der Waals surface area (Å²) in [6.45, 7) is 3.33. The van der Waals surface area contributed by atoms with Crippen LogP contribution in [0.4, 0.5) is 27.5 Å². The smallest absolute Gasteiger partial charge is 0.291 e. The fourth-order valence-electron chi connectivity index (χ4n) is 6.20. The number of aromatic amines is 1. The van der Waals surface area contributed by atoms with Crippen molar-refractivity contribution in [1.82, 2.24) is 25.3 Å². The van der Waals surface area contributed by atoms with Gasteiger partial charge in [-0.05, 0) is 56.7 Å². The number of carbonyl (C=O) groups is 2. The fraction of sp³-hybridized carbons (Fsp3) is 0.516. The molecule has 0 bridgehead atoms. The normalized spacial score (nSPS) is 20.4. The molecule has 14 heteroatoms. The minimum absolute atomic E-state index is 0.0157. The summed E-state index contributed by atoms with van der Waals surface area (Å²) in [6, 6.07) is 6.72. The molecule has 1 aliphatic carbocycles. The van der Waals surface area contributed by atoms with Crippen LogP contribution in [0.25, 0.3) is 11.4 Å². The molecular weight excluding hydrogens is 579 g/mol. The van der Waals surface area contributed by atoms with Crippen molar-refractivity contribution in [3.63, 3.8) is 0 Å². The molecule has 3 aromatic rings. The maximum Gasteiger partial charge on any atom is 0.291 e. The van der Waals surface area contributed by atoms with Crippen LogP contribution in [0.5, 0.6) is 0 Å². The maximum absolute atomic E-state index is 15.0. The summed E-state index contributed by atoms with van der Waals surface area (Å²) in [4.78, 5) is 47.2. The molecular formula is C31H41FN10O3. The highest BCUT2D eigenvalue weighted by atomic mass is 19.1. The zero-order valence-electron chi connectivity index (χ0n) is 25.7. The number of nitrogens with zero attached hydrogens (tertiary/aromatic N) is 5. The van der Waals surface area contributed by atoms with E-state index in [-0.39, 0.29) is 17.8 Å². The summed E-state index contributed by atoms with van der Waals surface area (Å²) >= 11 is 0. The van der Waals surface area contributed by atoms with E-state index >= 15 is 4.39 Å². The Morgan fingerprint density at radius 1 is 1.11 bits per heavy atom. The molecule has 6 rings (SSSR count). The van der Waals surface area contributed by atoms with Crippen molar-refractivity contribution in [3.8, 4) is 11.4 Å². The summed E-state index contributed by atoms with van der Waals surface area (Å²) in [7, 11) is 3.34. The number of aromatic nitrogens is 4. The Morgan fingerprint density at radius 3 is 2.62 bits per heavy atom. The summed E-state index contributed by atoms with van der Waals surface area (Å²) < 4.78 is 20.5. The fourth-order valence-corrected chi connectivity index (χ4v) is 6.20. The number of carbonyl (C=O) groups excluding carboxylic acids is 2. The maximum atomic E-state index is 15.0. The van der Waals surface area contributed by atoms with E-state index in [2.05, 4.69) is 40.8 Å². The highest BCUT2D eigenvalue weighted by Gasteiger charge is 2.46. The van der Waals surface area contributed by atoms with Gasteiger partial charge in [0.25, 0.3) is 5.91 Å². The van der Waals surface area contributed by atoms with Crippen LogP contribution in [0, 0.1) is 17.2 Å². The van der Waals surface area contributed by atoms with Gasteiger partial charge in [-0.2, -0.15) is 4.98 Å². The first-order valence-electron chi connectivity index (χ1n) is 15.5. The molecule has 1 atom stereocenters. The SMILES string of the molecule is CNc1nc(-c2c[nH]c(C(=O)Nc3cccc(F)c3N3CCC(CN)CC3)n2)cc(N2CCC(COC)(C(=O)NC3CC3)C2)n1. The second-order valence-electron chi connectivity index (χ2n) is 12.2. The lowest BCUT2D eigenvalue weighted by Gasteiger charge is -2.34. The predicted molar refractivity (Wildman–Crippen MR) is 170 cm³/mol. The third kappa shape index (κ3) is 6.57. The van der Waals surface area contributed by atoms with E-state index in [1.54, 1.807) is 38.6 Å². The van der Waals surface area contributed by atoms with Crippen LogP contribution in [0.15, 0.2) is 30.5 Å². The van der Waals surface area contributed by atoms with Gasteiger partial charge < -0.3 is 41.2 Å². The Balaban J connectivity index is 1.20. The minimum atomic E-state index is -0.671. The highest BCUT2D eigenvalue weighted by Crippen LogP contribution is 2.36. The Labute approximate surface area is 261 Å². The Morgan fingerprint density at radius 2 is 1.91 bits per heavy atom. The molecule has 2 amide bonds. The van der Waals surface area contributed by atoms with E-state index in [1.165, 1.54) is 6.07 Å². The number of methoxy groups -OCH3 is 1. The average molecular weight is 621 g/mol. The van der Waals surface area contributed by atoms with Gasteiger partial charge in [-0.3, -0.25) is 9.59 Å². The van der Waals surface area contributed by atoms with Crippen molar-refractivity contribution in [2.24, 2.45) is 17.1 Å². The lowest BCUT2D eigenvalue weighted by atomic mass is 9.87. The van der Waals surface area contributed by atoms with Crippen LogP contribution in [-0.4, -0.2) is 91.3 Å². The molecule has 2 aliphatic heterocycles. The number of ether oxygens (including phenoxy) is 1. The Bertz CT molecular complexity index is 1540. The van der Waals surface area contributed by atoms with Gasteiger partial charge in [0.15, 0.2) is 5.82 Å². The number of amides is 2. The number of halogens is 1. The topological polar surface area (TPSA) is 166 Å². The molecule has 0 radical (unpaired) electrons. The van der Waals surface area contributed by atoms with Crippen molar-refractivity contribution in [2.75, 3.05) is 73.9 Å². The Kier molecular flexibility index (Phi) is 8.85. The number of anilines is 4. The van der Waals surface area contributed by atoms with Gasteiger partial charge in [0.2, 0.25) is 11.9 Å². The Hall–Kier alpha value is -4.30. The molecule has 3 aliphatic rings.